The van der Waals surface area contributed by atoms with Crippen LogP contribution in [-0.2, 0) is 22.6 Å². The number of ether oxygens (including phenoxy) is 2. The van der Waals surface area contributed by atoms with Gasteiger partial charge in [-0.1, -0.05) is 6.92 Å². The van der Waals surface area contributed by atoms with Crippen molar-refractivity contribution in [2.75, 3.05) is 27.3 Å². The molecule has 0 aliphatic carbocycles. The second kappa shape index (κ2) is 8.63. The third-order valence-electron chi connectivity index (χ3n) is 5.79. The van der Waals surface area contributed by atoms with Crippen molar-refractivity contribution >= 4 is 11.8 Å². The summed E-state index contributed by atoms with van der Waals surface area (Å²) < 4.78 is 10.7. The molecule has 0 radical (unpaired) electrons. The lowest BCUT2D eigenvalue weighted by Crippen LogP contribution is -2.46. The van der Waals surface area contributed by atoms with E-state index in [1.807, 2.05) is 17.0 Å². The van der Waals surface area contributed by atoms with Crippen LogP contribution < -0.4 is 9.47 Å². The first kappa shape index (κ1) is 19.5. The molecule has 0 saturated carbocycles. The maximum absolute atomic E-state index is 12.8. The molecule has 6 heteroatoms. The first-order chi connectivity index (χ1) is 13.1. The molecule has 1 unspecified atom stereocenters. The van der Waals surface area contributed by atoms with E-state index in [-0.39, 0.29) is 24.3 Å². The lowest BCUT2D eigenvalue weighted by Gasteiger charge is -2.36. The van der Waals surface area contributed by atoms with Crippen molar-refractivity contribution < 1.29 is 19.1 Å². The van der Waals surface area contributed by atoms with Gasteiger partial charge in [0.1, 0.15) is 6.42 Å². The largest absolute Gasteiger partial charge is 0.493 e. The summed E-state index contributed by atoms with van der Waals surface area (Å²) in [5, 5.41) is 0. The Morgan fingerprint density at radius 3 is 2.41 bits per heavy atom. The fraction of sp³-hybridized carbons (Fsp3) is 0.619. The molecule has 3 rings (SSSR count). The van der Waals surface area contributed by atoms with E-state index < -0.39 is 0 Å². The highest BCUT2D eigenvalue weighted by molar-refractivity contribution is 5.97. The predicted molar refractivity (Wildman–Crippen MR) is 103 cm³/mol. The van der Waals surface area contributed by atoms with Crippen LogP contribution in [0.1, 0.15) is 50.2 Å². The number of carbonyl (C=O) groups excluding carboxylic acids is 2. The summed E-state index contributed by atoms with van der Waals surface area (Å²) in [6.07, 6.45) is 4.95. The van der Waals surface area contributed by atoms with Gasteiger partial charge in [-0.25, -0.2) is 0 Å². The molecule has 2 amide bonds. The number of methoxy groups -OCH3 is 2. The van der Waals surface area contributed by atoms with Gasteiger partial charge in [0, 0.05) is 25.7 Å². The van der Waals surface area contributed by atoms with Crippen molar-refractivity contribution in [3.05, 3.63) is 23.3 Å². The number of piperidine rings is 1. The number of hydrogen-bond acceptors (Lipinski definition) is 4. The van der Waals surface area contributed by atoms with E-state index in [1.165, 1.54) is 12.0 Å². The van der Waals surface area contributed by atoms with Gasteiger partial charge in [-0.3, -0.25) is 9.59 Å². The fourth-order valence-electron chi connectivity index (χ4n) is 4.19. The lowest BCUT2D eigenvalue weighted by molar-refractivity contribution is -0.143. The highest BCUT2D eigenvalue weighted by Gasteiger charge is 2.29. The van der Waals surface area contributed by atoms with E-state index >= 15 is 0 Å². The highest BCUT2D eigenvalue weighted by Crippen LogP contribution is 2.33. The van der Waals surface area contributed by atoms with Crippen LogP contribution in [0.15, 0.2) is 12.1 Å². The summed E-state index contributed by atoms with van der Waals surface area (Å²) in [4.78, 5) is 29.2. The van der Waals surface area contributed by atoms with Gasteiger partial charge in [-0.05, 0) is 55.4 Å². The Morgan fingerprint density at radius 2 is 1.74 bits per heavy atom. The molecule has 0 bridgehead atoms. The molecule has 2 heterocycles. The molecular weight excluding hydrogens is 344 g/mol. The van der Waals surface area contributed by atoms with Crippen LogP contribution in [-0.4, -0.2) is 55.0 Å². The predicted octanol–water partition coefficient (Wildman–Crippen LogP) is 2.77. The second-order valence-electron chi connectivity index (χ2n) is 7.36. The number of likely N-dealkylation sites (tertiary alicyclic amines) is 1. The monoisotopic (exact) mass is 374 g/mol. The van der Waals surface area contributed by atoms with E-state index in [0.29, 0.717) is 24.6 Å². The van der Waals surface area contributed by atoms with Crippen LogP contribution in [0.4, 0.5) is 0 Å². The molecular formula is C21H30N2O4. The average molecular weight is 374 g/mol. The Hall–Kier alpha value is -2.24. The molecule has 1 fully saturated rings. The zero-order valence-electron chi connectivity index (χ0n) is 16.6. The Balaban J connectivity index is 1.66. The van der Waals surface area contributed by atoms with Crippen LogP contribution in [0, 0.1) is 0 Å². The van der Waals surface area contributed by atoms with Gasteiger partial charge in [-0.15, -0.1) is 0 Å². The number of nitrogens with zero attached hydrogens (tertiary/aromatic N) is 2. The molecule has 0 spiro atoms. The van der Waals surface area contributed by atoms with Crippen LogP contribution in [0.3, 0.4) is 0 Å². The molecule has 2 aliphatic heterocycles. The third kappa shape index (κ3) is 4.20. The Labute approximate surface area is 161 Å². The maximum atomic E-state index is 12.8. The van der Waals surface area contributed by atoms with Crippen LogP contribution in [0.25, 0.3) is 0 Å². The Kier molecular flexibility index (Phi) is 6.24. The van der Waals surface area contributed by atoms with Crippen LogP contribution in [0.2, 0.25) is 0 Å². The number of benzene rings is 1. The summed E-state index contributed by atoms with van der Waals surface area (Å²) in [5.74, 6) is 1.27. The van der Waals surface area contributed by atoms with E-state index in [2.05, 4.69) is 6.92 Å². The van der Waals surface area contributed by atoms with Crippen LogP contribution >= 0.6 is 0 Å². The minimum absolute atomic E-state index is 0.0235. The van der Waals surface area contributed by atoms with Gasteiger partial charge in [0.2, 0.25) is 11.8 Å². The van der Waals surface area contributed by atoms with Gasteiger partial charge in [0.15, 0.2) is 11.5 Å². The van der Waals surface area contributed by atoms with E-state index in [0.717, 1.165) is 37.8 Å². The summed E-state index contributed by atoms with van der Waals surface area (Å²) >= 11 is 0. The number of hydrogen-bond donors (Lipinski definition) is 0. The standard InChI is InChI=1S/C21H30N2O4/c1-4-17-7-5-6-9-23(17)21(25)13-20(24)22-10-8-15-11-18(26-2)19(27-3)12-16(15)14-22/h11-12,17H,4-10,13-14H2,1-3H3. The first-order valence-electron chi connectivity index (χ1n) is 9.88. The molecule has 1 saturated heterocycles. The first-order valence-corrected chi connectivity index (χ1v) is 9.88. The molecule has 148 valence electrons. The van der Waals surface area contributed by atoms with Crippen molar-refractivity contribution in [2.24, 2.45) is 0 Å². The molecule has 1 aromatic rings. The van der Waals surface area contributed by atoms with E-state index in [4.69, 9.17) is 9.47 Å². The smallest absolute Gasteiger partial charge is 0.232 e. The Morgan fingerprint density at radius 1 is 1.04 bits per heavy atom. The number of amides is 2. The molecule has 0 aromatic heterocycles. The van der Waals surface area contributed by atoms with Crippen molar-refractivity contribution in [3.8, 4) is 11.5 Å². The zero-order valence-corrected chi connectivity index (χ0v) is 16.6. The molecule has 6 nitrogen and oxygen atoms in total. The number of carbonyl (C=O) groups is 2. The summed E-state index contributed by atoms with van der Waals surface area (Å²) in [6, 6.07) is 4.21. The minimum Gasteiger partial charge on any atom is -0.493 e. The molecule has 2 aliphatic rings. The second-order valence-corrected chi connectivity index (χ2v) is 7.36. The van der Waals surface area contributed by atoms with Crippen molar-refractivity contribution in [1.82, 2.24) is 9.80 Å². The SMILES string of the molecule is CCC1CCCCN1C(=O)CC(=O)N1CCc2cc(OC)c(OC)cc2C1. The van der Waals surface area contributed by atoms with Gasteiger partial charge in [0.25, 0.3) is 0 Å². The average Bonchev–Trinajstić information content (AvgIpc) is 2.71. The topological polar surface area (TPSA) is 59.1 Å². The minimum atomic E-state index is -0.0825. The Bertz CT molecular complexity index is 704. The molecule has 1 atom stereocenters. The maximum Gasteiger partial charge on any atom is 0.232 e. The molecule has 27 heavy (non-hydrogen) atoms. The lowest BCUT2D eigenvalue weighted by atomic mass is 9.98. The summed E-state index contributed by atoms with van der Waals surface area (Å²) in [5.41, 5.74) is 2.23. The quantitative estimate of drug-likeness (QED) is 0.744. The normalized spacial score (nSPS) is 19.4. The number of fused-ring (bicyclic) bond motifs is 1. The third-order valence-corrected chi connectivity index (χ3v) is 5.79. The van der Waals surface area contributed by atoms with E-state index in [1.54, 1.807) is 19.1 Å². The van der Waals surface area contributed by atoms with Crippen molar-refractivity contribution in [2.45, 2.75) is 58.0 Å². The highest BCUT2D eigenvalue weighted by atomic mass is 16.5. The van der Waals surface area contributed by atoms with Gasteiger partial charge < -0.3 is 19.3 Å². The molecule has 0 N–H and O–H groups in total. The summed E-state index contributed by atoms with van der Waals surface area (Å²) in [6.45, 7) is 4.04. The fourth-order valence-corrected chi connectivity index (χ4v) is 4.19. The zero-order chi connectivity index (χ0) is 19.4. The summed E-state index contributed by atoms with van der Waals surface area (Å²) in [7, 11) is 3.23. The van der Waals surface area contributed by atoms with Crippen LogP contribution in [0.5, 0.6) is 11.5 Å². The number of rotatable bonds is 5. The van der Waals surface area contributed by atoms with E-state index in [9.17, 15) is 9.59 Å². The van der Waals surface area contributed by atoms with Gasteiger partial charge in [-0.2, -0.15) is 0 Å². The van der Waals surface area contributed by atoms with Gasteiger partial charge >= 0.3 is 0 Å². The molecule has 1 aromatic carbocycles. The van der Waals surface area contributed by atoms with Gasteiger partial charge in [0.05, 0.1) is 14.2 Å². The van der Waals surface area contributed by atoms with Crippen molar-refractivity contribution in [3.63, 3.8) is 0 Å². The van der Waals surface area contributed by atoms with Crippen molar-refractivity contribution in [1.29, 1.82) is 0 Å².